The number of halogens is 6. The molecule has 4 nitrogen and oxygen atoms in total. The van der Waals surface area contributed by atoms with Crippen LogP contribution >= 0.6 is 0 Å². The van der Waals surface area contributed by atoms with Crippen molar-refractivity contribution < 1.29 is 56.3 Å². The third kappa shape index (κ3) is 4.63. The van der Waals surface area contributed by atoms with E-state index in [9.17, 15) is 26.3 Å². The van der Waals surface area contributed by atoms with E-state index in [2.05, 4.69) is 4.99 Å². The van der Waals surface area contributed by atoms with Crippen molar-refractivity contribution in [2.45, 2.75) is 31.6 Å². The molecule has 11 heteroatoms. The first-order valence-corrected chi connectivity index (χ1v) is 6.69. The summed E-state index contributed by atoms with van der Waals surface area (Å²) in [4.78, 5) is 13.0. The van der Waals surface area contributed by atoms with Crippen LogP contribution in [-0.4, -0.2) is 64.3 Å². The standard InChI is InChI=1S/C9H7F6N2.C5H8O2.Ir/c1-17-3-2-16-6(17)5-4-7(10,11)9(14,15)8(5,12)13;1-4(6)3-5(2)7;/h2-3H2,1H3;3,6H,1-2H3;/q-1;;/p+1/b;4-3-;. The minimum absolute atomic E-state index is 0. The quantitative estimate of drug-likeness (QED) is 0.189. The maximum atomic E-state index is 13.3. The molecule has 0 unspecified atom stereocenters. The molecule has 0 bridgehead atoms. The molecule has 2 aliphatic rings. The average molecular weight is 550 g/mol. The molecule has 25 heavy (non-hydrogen) atoms. The van der Waals surface area contributed by atoms with Gasteiger partial charge in [-0.3, -0.25) is 4.79 Å². The number of allylic oxidation sites excluding steroid dienone is 3. The smallest absolute Gasteiger partial charge is 0.360 e. The maximum absolute atomic E-state index is 13.3. The Morgan fingerprint density at radius 2 is 1.76 bits per heavy atom. The number of carbonyl (C=O) groups excluding carboxylic acids is 1. The van der Waals surface area contributed by atoms with E-state index < -0.39 is 29.2 Å². The Balaban J connectivity index is 0.000000620. The van der Waals surface area contributed by atoms with E-state index in [-0.39, 0.29) is 44.7 Å². The molecule has 1 heterocycles. The van der Waals surface area contributed by atoms with Crippen LogP contribution in [0, 0.1) is 6.08 Å². The Morgan fingerprint density at radius 3 is 2.00 bits per heavy atom. The third-order valence-corrected chi connectivity index (χ3v) is 3.08. The number of alkyl halides is 6. The zero-order valence-electron chi connectivity index (χ0n) is 13.4. The molecule has 0 saturated heterocycles. The molecule has 0 aromatic heterocycles. The van der Waals surface area contributed by atoms with Crippen molar-refractivity contribution in [2.24, 2.45) is 4.99 Å². The summed E-state index contributed by atoms with van der Waals surface area (Å²) < 4.78 is 77.9. The fourth-order valence-electron chi connectivity index (χ4n) is 1.97. The third-order valence-electron chi connectivity index (χ3n) is 3.08. The first-order chi connectivity index (χ1) is 10.7. The fourth-order valence-corrected chi connectivity index (χ4v) is 1.97. The average Bonchev–Trinajstić information content (AvgIpc) is 2.84. The van der Waals surface area contributed by atoms with Gasteiger partial charge < -0.3 is 15.0 Å². The largest absolute Gasteiger partial charge is 0.512 e. The molecule has 145 valence electrons. The van der Waals surface area contributed by atoms with Crippen LogP contribution in [0.1, 0.15) is 13.8 Å². The maximum Gasteiger partial charge on any atom is 0.360 e. The van der Waals surface area contributed by atoms with Crippen LogP contribution in [-0.2, 0) is 20.1 Å². The number of rotatable bonds is 2. The molecule has 0 saturated carbocycles. The summed E-state index contributed by atoms with van der Waals surface area (Å²) in [6.07, 6.45) is 2.17. The Morgan fingerprint density at radius 1 is 1.24 bits per heavy atom. The van der Waals surface area contributed by atoms with Crippen molar-refractivity contribution in [3.8, 4) is 0 Å². The number of hydrogen-bond donors (Lipinski definition) is 1. The monoisotopic (exact) mass is 551 g/mol. The molecule has 0 atom stereocenters. The van der Waals surface area contributed by atoms with Crippen LogP contribution in [0.15, 0.2) is 22.4 Å². The van der Waals surface area contributed by atoms with E-state index in [1.165, 1.54) is 27.0 Å². The summed E-state index contributed by atoms with van der Waals surface area (Å²) in [6.45, 7) is 3.32. The Labute approximate surface area is 153 Å². The summed E-state index contributed by atoms with van der Waals surface area (Å²) in [5.41, 5.74) is -1.52. The van der Waals surface area contributed by atoms with Gasteiger partial charge in [0.1, 0.15) is 0 Å². The van der Waals surface area contributed by atoms with E-state index in [1.54, 1.807) is 0 Å². The van der Waals surface area contributed by atoms with Crippen molar-refractivity contribution in [3.63, 3.8) is 0 Å². The number of ketones is 1. The molecule has 1 radical (unpaired) electrons. The predicted molar refractivity (Wildman–Crippen MR) is 75.5 cm³/mol. The van der Waals surface area contributed by atoms with E-state index in [1.807, 2.05) is 0 Å². The second-order valence-corrected chi connectivity index (χ2v) is 5.28. The van der Waals surface area contributed by atoms with Crippen molar-refractivity contribution in [3.05, 3.63) is 23.5 Å². The first-order valence-electron chi connectivity index (χ1n) is 6.69. The van der Waals surface area contributed by atoms with E-state index >= 15 is 0 Å². The summed E-state index contributed by atoms with van der Waals surface area (Å²) >= 11 is 0. The van der Waals surface area contributed by atoms with Gasteiger partial charge in [-0.2, -0.15) is 23.6 Å². The fraction of sp³-hybridized carbons (Fsp3) is 0.571. The number of nitrogens with zero attached hydrogens (tertiary/aromatic N) is 2. The van der Waals surface area contributed by atoms with Gasteiger partial charge in [-0.05, 0) is 19.8 Å². The van der Waals surface area contributed by atoms with Crippen LogP contribution in [0.4, 0.5) is 26.3 Å². The zero-order valence-corrected chi connectivity index (χ0v) is 15.8. The van der Waals surface area contributed by atoms with Gasteiger partial charge in [0.15, 0.2) is 0 Å². The summed E-state index contributed by atoms with van der Waals surface area (Å²) in [5, 5.41) is 8.40. The molecular formula is C14H16F6IrN2O2. The van der Waals surface area contributed by atoms with Gasteiger partial charge >= 0.3 is 17.6 Å². The number of aliphatic hydroxyl groups is 1. The molecule has 0 aromatic carbocycles. The van der Waals surface area contributed by atoms with E-state index in [0.717, 1.165) is 11.0 Å². The van der Waals surface area contributed by atoms with Crippen molar-refractivity contribution in [1.29, 1.82) is 0 Å². The molecule has 0 aromatic rings. The van der Waals surface area contributed by atoms with Crippen molar-refractivity contribution >= 4 is 11.6 Å². The number of amidine groups is 1. The number of aliphatic hydroxyl groups excluding tert-OH is 1. The Kier molecular flexibility index (Phi) is 7.48. The predicted octanol–water partition coefficient (Wildman–Crippen LogP) is 2.99. The van der Waals surface area contributed by atoms with Gasteiger partial charge in [-0.15, -0.1) is 5.57 Å². The molecular weight excluding hydrogens is 534 g/mol. The van der Waals surface area contributed by atoms with Gasteiger partial charge in [0.2, 0.25) is 0 Å². The van der Waals surface area contributed by atoms with Gasteiger partial charge in [0, 0.05) is 33.2 Å². The summed E-state index contributed by atoms with van der Waals surface area (Å²) in [7, 11) is 1.31. The van der Waals surface area contributed by atoms with Crippen molar-refractivity contribution in [1.82, 2.24) is 4.90 Å². The Bertz CT molecular complexity index is 612. The minimum Gasteiger partial charge on any atom is -0.512 e. The number of hydrogen-bond acceptors (Lipinski definition) is 3. The van der Waals surface area contributed by atoms with Crippen LogP contribution in [0.5, 0.6) is 0 Å². The number of aliphatic imine (C=N–C) groups is 1. The first kappa shape index (κ1) is 23.6. The van der Waals surface area contributed by atoms with Crippen molar-refractivity contribution in [2.75, 3.05) is 20.1 Å². The molecule has 1 aliphatic heterocycles. The van der Waals surface area contributed by atoms with Crippen LogP contribution in [0.3, 0.4) is 0 Å². The van der Waals surface area contributed by atoms with Gasteiger partial charge in [-0.1, -0.05) is 0 Å². The molecule has 1 aliphatic carbocycles. The minimum atomic E-state index is -5.47. The zero-order chi connectivity index (χ0) is 18.9. The van der Waals surface area contributed by atoms with Gasteiger partial charge in [0.05, 0.1) is 18.8 Å². The van der Waals surface area contributed by atoms with Crippen LogP contribution < -0.4 is 0 Å². The summed E-state index contributed by atoms with van der Waals surface area (Å²) in [6, 6.07) is 0. The molecule has 2 N–H and O–H groups in total. The van der Waals surface area contributed by atoms with Gasteiger partial charge in [0.25, 0.3) is 5.92 Å². The SMILES string of the molecule is CC(=[OH+])/C=C(/C)O.CN1CCN=C1C1=[C-]C(F)(F)C(F)(F)C1(F)F.[Ir]. The topological polar surface area (TPSA) is 57.2 Å². The Hall–Kier alpha value is -1.35. The van der Waals surface area contributed by atoms with E-state index in [0.29, 0.717) is 0 Å². The van der Waals surface area contributed by atoms with Crippen LogP contribution in [0.25, 0.3) is 0 Å². The molecule has 2 rings (SSSR count). The summed E-state index contributed by atoms with van der Waals surface area (Å²) in [5.74, 6) is -15.7. The number of likely N-dealkylation sites (N-methyl/N-ethyl adjacent to an activating group) is 1. The molecule has 0 fully saturated rings. The molecule has 0 spiro atoms. The second-order valence-electron chi connectivity index (χ2n) is 5.28. The molecule has 0 amide bonds. The van der Waals surface area contributed by atoms with Gasteiger partial charge in [-0.25, -0.2) is 8.78 Å². The van der Waals surface area contributed by atoms with Crippen LogP contribution in [0.2, 0.25) is 0 Å². The normalized spacial score (nSPS) is 23.1. The second kappa shape index (κ2) is 7.90. The van der Waals surface area contributed by atoms with E-state index in [4.69, 9.17) is 9.90 Å².